The summed E-state index contributed by atoms with van der Waals surface area (Å²) in [6.45, 7) is 0.470. The number of benzene rings is 2. The molecule has 0 radical (unpaired) electrons. The molecule has 4 aliphatic heterocycles. The molecule has 3 saturated heterocycles. The lowest BCUT2D eigenvalue weighted by Crippen LogP contribution is -2.71. The van der Waals surface area contributed by atoms with Crippen LogP contribution >= 0.6 is 0 Å². The summed E-state index contributed by atoms with van der Waals surface area (Å²) < 4.78 is 20.3. The third kappa shape index (κ3) is 3.56. The molecule has 192 valence electrons. The third-order valence-electron chi connectivity index (χ3n) is 7.85. The van der Waals surface area contributed by atoms with Gasteiger partial charge in [0, 0.05) is 17.8 Å². The van der Waals surface area contributed by atoms with Crippen molar-refractivity contribution in [2.45, 2.75) is 37.8 Å². The number of anilines is 2. The van der Waals surface area contributed by atoms with Crippen LogP contribution in [0.25, 0.3) is 11.1 Å². The first kappa shape index (κ1) is 23.4. The summed E-state index contributed by atoms with van der Waals surface area (Å²) in [4.78, 5) is 53.6. The monoisotopic (exact) mass is 508 g/mol. The number of aliphatic hydroxyl groups excluding tert-OH is 1. The Morgan fingerprint density at radius 3 is 2.54 bits per heavy atom. The standard InChI is InChI=1S/C26H25FN4O6/c27-19-10-16(31-12-17(13-32)37-25(31)36)5-6-18(19)14-4-7-20-15(9-14)11-26(21-3-1-2-8-30(20)21)22(33)28-24(35)29-23(26)34/h4-7,9-10,17,21,32H,1-3,8,11-13H2,(H2,28,29,33,34,35)/t17-,21?/m1/s1. The van der Waals surface area contributed by atoms with E-state index in [0.717, 1.165) is 18.5 Å². The highest BCUT2D eigenvalue weighted by Crippen LogP contribution is 2.47. The van der Waals surface area contributed by atoms with Crippen molar-refractivity contribution >= 4 is 35.3 Å². The number of carbonyl (C=O) groups is 4. The largest absolute Gasteiger partial charge is 0.441 e. The Labute approximate surface area is 211 Å². The van der Waals surface area contributed by atoms with E-state index in [1.54, 1.807) is 24.3 Å². The van der Waals surface area contributed by atoms with Gasteiger partial charge >= 0.3 is 12.1 Å². The SMILES string of the molecule is O=C1NC(=O)C2(Cc3cc(-c4ccc(N5C[C@H](CO)OC5=O)cc4F)ccc3N3CCCCC32)C(=O)N1. The molecule has 5 amide bonds. The van der Waals surface area contributed by atoms with Crippen LogP contribution in [0.5, 0.6) is 0 Å². The molecule has 0 bridgehead atoms. The van der Waals surface area contributed by atoms with Gasteiger partial charge in [-0.1, -0.05) is 6.07 Å². The van der Waals surface area contributed by atoms with Crippen molar-refractivity contribution in [3.8, 4) is 11.1 Å². The maximum absolute atomic E-state index is 15.3. The zero-order valence-electron chi connectivity index (χ0n) is 19.8. The molecular formula is C26H25FN4O6. The Morgan fingerprint density at radius 2 is 1.84 bits per heavy atom. The van der Waals surface area contributed by atoms with Gasteiger partial charge in [0.25, 0.3) is 0 Å². The maximum Gasteiger partial charge on any atom is 0.414 e. The minimum atomic E-state index is -1.46. The average Bonchev–Trinajstić information content (AvgIpc) is 3.27. The lowest BCUT2D eigenvalue weighted by molar-refractivity contribution is -0.146. The topological polar surface area (TPSA) is 128 Å². The fourth-order valence-electron chi connectivity index (χ4n) is 6.09. The fourth-order valence-corrected chi connectivity index (χ4v) is 6.09. The van der Waals surface area contributed by atoms with Crippen molar-refractivity contribution in [3.63, 3.8) is 0 Å². The number of barbiturate groups is 1. The smallest absolute Gasteiger partial charge is 0.414 e. The van der Waals surface area contributed by atoms with Crippen molar-refractivity contribution in [2.24, 2.45) is 5.41 Å². The minimum Gasteiger partial charge on any atom is -0.441 e. The summed E-state index contributed by atoms with van der Waals surface area (Å²) >= 11 is 0. The van der Waals surface area contributed by atoms with Crippen LogP contribution < -0.4 is 20.4 Å². The molecule has 4 aliphatic rings. The van der Waals surface area contributed by atoms with E-state index in [0.29, 0.717) is 35.3 Å². The zero-order valence-corrected chi connectivity index (χ0v) is 19.8. The van der Waals surface area contributed by atoms with E-state index in [4.69, 9.17) is 4.74 Å². The highest BCUT2D eigenvalue weighted by atomic mass is 19.1. The second-order valence-corrected chi connectivity index (χ2v) is 9.90. The predicted octanol–water partition coefficient (Wildman–Crippen LogP) is 2.08. The van der Waals surface area contributed by atoms with E-state index in [9.17, 15) is 24.3 Å². The molecule has 3 fully saturated rings. The number of nitrogens with zero attached hydrogens (tertiary/aromatic N) is 2. The predicted molar refractivity (Wildman–Crippen MR) is 129 cm³/mol. The van der Waals surface area contributed by atoms with Crippen LogP contribution in [0.15, 0.2) is 36.4 Å². The summed E-state index contributed by atoms with van der Waals surface area (Å²) in [7, 11) is 0. The van der Waals surface area contributed by atoms with Gasteiger partial charge in [0.05, 0.1) is 24.9 Å². The highest BCUT2D eigenvalue weighted by molar-refractivity contribution is 6.20. The van der Waals surface area contributed by atoms with Gasteiger partial charge in [0.2, 0.25) is 11.8 Å². The first-order valence-corrected chi connectivity index (χ1v) is 12.3. The van der Waals surface area contributed by atoms with Gasteiger partial charge in [-0.3, -0.25) is 25.1 Å². The van der Waals surface area contributed by atoms with Gasteiger partial charge < -0.3 is 14.7 Å². The second kappa shape index (κ2) is 8.55. The molecule has 10 nitrogen and oxygen atoms in total. The quantitative estimate of drug-likeness (QED) is 0.542. The summed E-state index contributed by atoms with van der Waals surface area (Å²) in [6, 6.07) is 8.67. The van der Waals surface area contributed by atoms with E-state index >= 15 is 4.39 Å². The number of carbonyl (C=O) groups excluding carboxylic acids is 4. The number of urea groups is 1. The van der Waals surface area contributed by atoms with E-state index in [1.165, 1.54) is 11.0 Å². The van der Waals surface area contributed by atoms with Crippen molar-refractivity contribution in [3.05, 3.63) is 47.8 Å². The number of aliphatic hydroxyl groups is 1. The summed E-state index contributed by atoms with van der Waals surface area (Å²) in [5.74, 6) is -1.77. The number of rotatable bonds is 3. The van der Waals surface area contributed by atoms with Crippen molar-refractivity contribution in [1.82, 2.24) is 10.6 Å². The molecule has 37 heavy (non-hydrogen) atoms. The molecular weight excluding hydrogens is 483 g/mol. The summed E-state index contributed by atoms with van der Waals surface area (Å²) in [6.07, 6.45) is 1.19. The molecule has 0 aromatic heterocycles. The Kier molecular flexibility index (Phi) is 5.41. The Bertz CT molecular complexity index is 1330. The van der Waals surface area contributed by atoms with E-state index in [2.05, 4.69) is 15.5 Å². The first-order valence-electron chi connectivity index (χ1n) is 12.3. The van der Waals surface area contributed by atoms with Crippen LogP contribution in [0.2, 0.25) is 0 Å². The number of halogens is 1. The Morgan fingerprint density at radius 1 is 1.05 bits per heavy atom. The van der Waals surface area contributed by atoms with Crippen LogP contribution in [0, 0.1) is 11.2 Å². The van der Waals surface area contributed by atoms with E-state index in [1.807, 2.05) is 6.07 Å². The third-order valence-corrected chi connectivity index (χ3v) is 7.85. The number of hydrogen-bond acceptors (Lipinski definition) is 7. The maximum atomic E-state index is 15.3. The lowest BCUT2D eigenvalue weighted by Gasteiger charge is -2.52. The average molecular weight is 509 g/mol. The number of amides is 5. The molecule has 2 atom stereocenters. The number of nitrogens with one attached hydrogen (secondary N) is 2. The number of piperidine rings is 1. The molecule has 2 aromatic rings. The van der Waals surface area contributed by atoms with Crippen LogP contribution in [0.3, 0.4) is 0 Å². The van der Waals surface area contributed by atoms with Crippen LogP contribution in [-0.2, 0) is 20.7 Å². The molecule has 0 saturated carbocycles. The van der Waals surface area contributed by atoms with Gasteiger partial charge in [-0.25, -0.2) is 14.0 Å². The Hall–Kier alpha value is -3.99. The normalized spacial score (nSPS) is 24.4. The van der Waals surface area contributed by atoms with Gasteiger partial charge in [-0.05, 0) is 67.1 Å². The molecule has 4 heterocycles. The highest BCUT2D eigenvalue weighted by Gasteiger charge is 2.60. The molecule has 1 spiro atoms. The lowest BCUT2D eigenvalue weighted by atomic mass is 9.66. The van der Waals surface area contributed by atoms with Crippen molar-refractivity contribution in [2.75, 3.05) is 29.5 Å². The zero-order chi connectivity index (χ0) is 25.9. The first-order chi connectivity index (χ1) is 17.8. The van der Waals surface area contributed by atoms with Gasteiger partial charge in [-0.2, -0.15) is 0 Å². The fraction of sp³-hybridized carbons (Fsp3) is 0.385. The molecule has 1 unspecified atom stereocenters. The number of imide groups is 2. The number of hydrogen-bond donors (Lipinski definition) is 3. The van der Waals surface area contributed by atoms with Crippen LogP contribution in [0.4, 0.5) is 25.4 Å². The van der Waals surface area contributed by atoms with Gasteiger partial charge in [0.1, 0.15) is 11.9 Å². The number of cyclic esters (lactones) is 1. The van der Waals surface area contributed by atoms with Crippen LogP contribution in [-0.4, -0.2) is 60.9 Å². The molecule has 3 N–H and O–H groups in total. The molecule has 2 aromatic carbocycles. The number of fused-ring (bicyclic) bond motifs is 4. The van der Waals surface area contributed by atoms with E-state index in [-0.39, 0.29) is 25.6 Å². The Balaban J connectivity index is 1.37. The van der Waals surface area contributed by atoms with Gasteiger partial charge in [-0.15, -0.1) is 0 Å². The van der Waals surface area contributed by atoms with Crippen molar-refractivity contribution in [1.29, 1.82) is 0 Å². The van der Waals surface area contributed by atoms with Gasteiger partial charge in [0.15, 0.2) is 5.41 Å². The van der Waals surface area contributed by atoms with Crippen LogP contribution in [0.1, 0.15) is 24.8 Å². The second-order valence-electron chi connectivity index (χ2n) is 9.90. The minimum absolute atomic E-state index is 0.0875. The molecule has 6 rings (SSSR count). The molecule has 11 heteroatoms. The molecule has 0 aliphatic carbocycles. The summed E-state index contributed by atoms with van der Waals surface area (Å²) in [5, 5.41) is 13.8. The van der Waals surface area contributed by atoms with Crippen molar-refractivity contribution < 1.29 is 33.4 Å². The summed E-state index contributed by atoms with van der Waals surface area (Å²) in [5.41, 5.74) is 1.31. The number of ether oxygens (including phenoxy) is 1. The van der Waals surface area contributed by atoms with E-state index < -0.39 is 41.3 Å².